The number of hydrogen-bond acceptors (Lipinski definition) is 5. The second kappa shape index (κ2) is 4.93. The van der Waals surface area contributed by atoms with Crippen molar-refractivity contribution < 1.29 is 14.6 Å². The van der Waals surface area contributed by atoms with Gasteiger partial charge in [-0.1, -0.05) is 12.1 Å². The molecule has 0 spiro atoms. The Kier molecular flexibility index (Phi) is 3.33. The standard InChI is InChI=1S/C13H13N3O3/c1-7-10(12(17)18)11(16-13(14)15-7)8-5-3-4-6-9(8)19-2/h3-6H,1-2H3,(H,17,18)(H2,14,15,16). The fraction of sp³-hybridized carbons (Fsp3) is 0.154. The molecule has 0 unspecified atom stereocenters. The number of carboxylic acid groups (broad SMARTS) is 1. The molecule has 0 saturated heterocycles. The Morgan fingerprint density at radius 2 is 2.00 bits per heavy atom. The number of rotatable bonds is 3. The first-order valence-electron chi connectivity index (χ1n) is 5.55. The Balaban J connectivity index is 2.77. The van der Waals surface area contributed by atoms with Gasteiger partial charge in [-0.25, -0.2) is 14.8 Å². The molecular formula is C13H13N3O3. The highest BCUT2D eigenvalue weighted by atomic mass is 16.5. The number of carbonyl (C=O) groups is 1. The number of aromatic nitrogens is 2. The molecule has 0 aliphatic carbocycles. The van der Waals surface area contributed by atoms with Crippen LogP contribution in [0.25, 0.3) is 11.3 Å². The molecule has 3 N–H and O–H groups in total. The summed E-state index contributed by atoms with van der Waals surface area (Å²) in [6.07, 6.45) is 0. The van der Waals surface area contributed by atoms with Gasteiger partial charge in [-0.15, -0.1) is 0 Å². The van der Waals surface area contributed by atoms with Crippen molar-refractivity contribution in [3.8, 4) is 17.0 Å². The maximum absolute atomic E-state index is 11.4. The van der Waals surface area contributed by atoms with Gasteiger partial charge in [0.05, 0.1) is 18.5 Å². The van der Waals surface area contributed by atoms with Crippen molar-refractivity contribution in [3.05, 3.63) is 35.5 Å². The van der Waals surface area contributed by atoms with Gasteiger partial charge in [0.15, 0.2) is 0 Å². The van der Waals surface area contributed by atoms with E-state index in [0.29, 0.717) is 17.0 Å². The van der Waals surface area contributed by atoms with E-state index in [-0.39, 0.29) is 17.2 Å². The van der Waals surface area contributed by atoms with Crippen molar-refractivity contribution in [3.63, 3.8) is 0 Å². The molecule has 2 rings (SSSR count). The van der Waals surface area contributed by atoms with E-state index in [9.17, 15) is 9.90 Å². The van der Waals surface area contributed by atoms with Crippen LogP contribution in [0.5, 0.6) is 5.75 Å². The summed E-state index contributed by atoms with van der Waals surface area (Å²) in [5, 5.41) is 9.30. The third-order valence-corrected chi connectivity index (χ3v) is 2.68. The Labute approximate surface area is 109 Å². The number of para-hydroxylation sites is 1. The Morgan fingerprint density at radius 3 is 2.63 bits per heavy atom. The van der Waals surface area contributed by atoms with Gasteiger partial charge in [0, 0.05) is 5.56 Å². The molecule has 0 aliphatic heterocycles. The fourth-order valence-electron chi connectivity index (χ4n) is 1.89. The van der Waals surface area contributed by atoms with Crippen LogP contribution in [0.3, 0.4) is 0 Å². The van der Waals surface area contributed by atoms with Crippen molar-refractivity contribution in [2.75, 3.05) is 12.8 Å². The minimum absolute atomic E-state index is 0.0266. The number of ether oxygens (including phenoxy) is 1. The first-order valence-corrected chi connectivity index (χ1v) is 5.55. The van der Waals surface area contributed by atoms with Crippen LogP contribution in [0.15, 0.2) is 24.3 Å². The summed E-state index contributed by atoms with van der Waals surface area (Å²) in [6.45, 7) is 1.58. The molecule has 0 bridgehead atoms. The number of aromatic carboxylic acids is 1. The summed E-state index contributed by atoms with van der Waals surface area (Å²) >= 11 is 0. The second-order valence-corrected chi connectivity index (χ2v) is 3.90. The van der Waals surface area contributed by atoms with Gasteiger partial charge in [-0.2, -0.15) is 0 Å². The summed E-state index contributed by atoms with van der Waals surface area (Å²) in [5.41, 5.74) is 6.78. The number of aryl methyl sites for hydroxylation is 1. The van der Waals surface area contributed by atoms with Crippen molar-refractivity contribution in [2.24, 2.45) is 0 Å². The lowest BCUT2D eigenvalue weighted by atomic mass is 10.0. The number of hydrogen-bond donors (Lipinski definition) is 2. The molecule has 0 amide bonds. The van der Waals surface area contributed by atoms with E-state index < -0.39 is 5.97 Å². The van der Waals surface area contributed by atoms with E-state index in [4.69, 9.17) is 10.5 Å². The van der Waals surface area contributed by atoms with E-state index in [1.807, 2.05) is 0 Å². The zero-order chi connectivity index (χ0) is 14.0. The van der Waals surface area contributed by atoms with Crippen LogP contribution in [0.2, 0.25) is 0 Å². The van der Waals surface area contributed by atoms with Gasteiger partial charge in [0.25, 0.3) is 0 Å². The Morgan fingerprint density at radius 1 is 1.32 bits per heavy atom. The average Bonchev–Trinajstić information content (AvgIpc) is 2.37. The number of carboxylic acids is 1. The molecule has 6 heteroatoms. The molecule has 6 nitrogen and oxygen atoms in total. The highest BCUT2D eigenvalue weighted by Crippen LogP contribution is 2.31. The van der Waals surface area contributed by atoms with Gasteiger partial charge in [-0.05, 0) is 19.1 Å². The summed E-state index contributed by atoms with van der Waals surface area (Å²) < 4.78 is 5.22. The summed E-state index contributed by atoms with van der Waals surface area (Å²) in [6, 6.07) is 7.03. The predicted octanol–water partition coefficient (Wildman–Crippen LogP) is 1.74. The lowest BCUT2D eigenvalue weighted by Crippen LogP contribution is -2.10. The SMILES string of the molecule is COc1ccccc1-c1nc(N)nc(C)c1C(=O)O. The zero-order valence-corrected chi connectivity index (χ0v) is 10.5. The monoisotopic (exact) mass is 259 g/mol. The predicted molar refractivity (Wildman–Crippen MR) is 70.1 cm³/mol. The molecule has 98 valence electrons. The lowest BCUT2D eigenvalue weighted by Gasteiger charge is -2.11. The average molecular weight is 259 g/mol. The summed E-state index contributed by atoms with van der Waals surface area (Å²) in [4.78, 5) is 19.3. The number of anilines is 1. The first kappa shape index (κ1) is 12.8. The van der Waals surface area contributed by atoms with Gasteiger partial charge < -0.3 is 15.6 Å². The maximum atomic E-state index is 11.4. The van der Waals surface area contributed by atoms with E-state index in [0.717, 1.165) is 0 Å². The van der Waals surface area contributed by atoms with Crippen LogP contribution in [0.1, 0.15) is 16.1 Å². The van der Waals surface area contributed by atoms with E-state index >= 15 is 0 Å². The van der Waals surface area contributed by atoms with Crippen molar-refractivity contribution >= 4 is 11.9 Å². The van der Waals surface area contributed by atoms with Gasteiger partial charge in [0.2, 0.25) is 5.95 Å². The smallest absolute Gasteiger partial charge is 0.339 e. The van der Waals surface area contributed by atoms with Crippen molar-refractivity contribution in [1.29, 1.82) is 0 Å². The van der Waals surface area contributed by atoms with E-state index in [1.54, 1.807) is 31.2 Å². The number of methoxy groups -OCH3 is 1. The minimum Gasteiger partial charge on any atom is -0.496 e. The highest BCUT2D eigenvalue weighted by Gasteiger charge is 2.20. The Bertz CT molecular complexity index is 641. The van der Waals surface area contributed by atoms with Gasteiger partial charge in [-0.3, -0.25) is 0 Å². The minimum atomic E-state index is -1.10. The number of nitrogens with zero attached hydrogens (tertiary/aromatic N) is 2. The molecule has 19 heavy (non-hydrogen) atoms. The fourth-order valence-corrected chi connectivity index (χ4v) is 1.89. The number of benzene rings is 1. The summed E-state index contributed by atoms with van der Waals surface area (Å²) in [5.74, 6) is -0.538. The van der Waals surface area contributed by atoms with Crippen LogP contribution in [-0.4, -0.2) is 28.2 Å². The third-order valence-electron chi connectivity index (χ3n) is 2.68. The normalized spacial score (nSPS) is 10.2. The van der Waals surface area contributed by atoms with Crippen molar-refractivity contribution in [1.82, 2.24) is 9.97 Å². The molecule has 0 fully saturated rings. The van der Waals surface area contributed by atoms with Crippen LogP contribution in [0, 0.1) is 6.92 Å². The molecule has 0 aliphatic rings. The molecular weight excluding hydrogens is 246 g/mol. The summed E-state index contributed by atoms with van der Waals surface area (Å²) in [7, 11) is 1.51. The first-order chi connectivity index (χ1) is 9.04. The second-order valence-electron chi connectivity index (χ2n) is 3.90. The number of nitrogens with two attached hydrogens (primary N) is 1. The van der Waals surface area contributed by atoms with Crippen LogP contribution >= 0.6 is 0 Å². The maximum Gasteiger partial charge on any atom is 0.339 e. The zero-order valence-electron chi connectivity index (χ0n) is 10.5. The highest BCUT2D eigenvalue weighted by molar-refractivity contribution is 5.96. The van der Waals surface area contributed by atoms with E-state index in [2.05, 4.69) is 9.97 Å². The Hall–Kier alpha value is -2.63. The molecule has 0 saturated carbocycles. The molecule has 0 radical (unpaired) electrons. The molecule has 2 aromatic rings. The lowest BCUT2D eigenvalue weighted by molar-refractivity contribution is 0.0696. The molecule has 1 aromatic carbocycles. The van der Waals surface area contributed by atoms with E-state index in [1.165, 1.54) is 7.11 Å². The van der Waals surface area contributed by atoms with Crippen molar-refractivity contribution in [2.45, 2.75) is 6.92 Å². The number of nitrogen functional groups attached to an aromatic ring is 1. The largest absolute Gasteiger partial charge is 0.496 e. The third kappa shape index (κ3) is 2.33. The van der Waals surface area contributed by atoms with Crippen LogP contribution in [-0.2, 0) is 0 Å². The van der Waals surface area contributed by atoms with Crippen LogP contribution < -0.4 is 10.5 Å². The van der Waals surface area contributed by atoms with Gasteiger partial charge >= 0.3 is 5.97 Å². The molecule has 1 aromatic heterocycles. The molecule has 0 atom stereocenters. The quantitative estimate of drug-likeness (QED) is 0.871. The van der Waals surface area contributed by atoms with Gasteiger partial charge in [0.1, 0.15) is 11.3 Å². The molecule has 1 heterocycles. The topological polar surface area (TPSA) is 98.3 Å². The van der Waals surface area contributed by atoms with Crippen LogP contribution in [0.4, 0.5) is 5.95 Å².